The number of hydrogen-bond acceptors (Lipinski definition) is 2. The normalized spacial score (nSPS) is 17.2. The summed E-state index contributed by atoms with van der Waals surface area (Å²) in [4.78, 5) is 6.93. The summed E-state index contributed by atoms with van der Waals surface area (Å²) < 4.78 is 6.39. The van der Waals surface area contributed by atoms with E-state index in [-0.39, 0.29) is 5.41 Å². The largest absolute Gasteiger partial charge is 0.380 e. The molecule has 0 atom stereocenters. The molecule has 1 aliphatic heterocycles. The summed E-state index contributed by atoms with van der Waals surface area (Å²) in [7, 11) is 2.07. The number of aliphatic imine (C=N–C) groups is 1. The fraction of sp³-hybridized carbons (Fsp3) is 0.562. The summed E-state index contributed by atoms with van der Waals surface area (Å²) in [5, 5.41) is 3.36. The SMILES string of the molecule is CCNC(=NCC1(C)COC1)N(C)Cc1ccc(Br)cc1. The highest BCUT2D eigenvalue weighted by Gasteiger charge is 2.33. The van der Waals surface area contributed by atoms with Gasteiger partial charge in [0, 0.05) is 30.0 Å². The number of guanidine groups is 1. The van der Waals surface area contributed by atoms with E-state index in [1.807, 2.05) is 0 Å². The molecular weight excluding hydrogens is 330 g/mol. The summed E-state index contributed by atoms with van der Waals surface area (Å²) in [6, 6.07) is 8.40. The van der Waals surface area contributed by atoms with E-state index in [9.17, 15) is 0 Å². The maximum Gasteiger partial charge on any atom is 0.193 e. The van der Waals surface area contributed by atoms with Crippen molar-refractivity contribution in [2.24, 2.45) is 10.4 Å². The van der Waals surface area contributed by atoms with Crippen molar-refractivity contribution in [3.05, 3.63) is 34.3 Å². The van der Waals surface area contributed by atoms with Gasteiger partial charge in [0.2, 0.25) is 0 Å². The van der Waals surface area contributed by atoms with Gasteiger partial charge in [-0.05, 0) is 24.6 Å². The standard InChI is InChI=1S/C16H24BrN3O/c1-4-18-15(19-10-16(2)11-21-12-16)20(3)9-13-5-7-14(17)8-6-13/h5-8H,4,9-12H2,1-3H3,(H,18,19). The second kappa shape index (κ2) is 7.27. The molecule has 2 rings (SSSR count). The molecule has 1 aromatic rings. The lowest BCUT2D eigenvalue weighted by molar-refractivity contribution is -0.0946. The third-order valence-electron chi connectivity index (χ3n) is 3.54. The Morgan fingerprint density at radius 2 is 2.05 bits per heavy atom. The second-order valence-electron chi connectivity index (χ2n) is 5.96. The third kappa shape index (κ3) is 4.71. The molecule has 5 heteroatoms. The number of ether oxygens (including phenoxy) is 1. The van der Waals surface area contributed by atoms with Gasteiger partial charge in [0.25, 0.3) is 0 Å². The zero-order valence-corrected chi connectivity index (χ0v) is 14.6. The number of nitrogens with one attached hydrogen (secondary N) is 1. The van der Waals surface area contributed by atoms with Gasteiger partial charge in [0.05, 0.1) is 19.8 Å². The Morgan fingerprint density at radius 1 is 1.38 bits per heavy atom. The fourth-order valence-electron chi connectivity index (χ4n) is 2.22. The molecule has 1 aromatic carbocycles. The molecule has 1 heterocycles. The van der Waals surface area contributed by atoms with Crippen LogP contribution >= 0.6 is 15.9 Å². The highest BCUT2D eigenvalue weighted by molar-refractivity contribution is 9.10. The number of benzene rings is 1. The van der Waals surface area contributed by atoms with Crippen LogP contribution in [-0.2, 0) is 11.3 Å². The van der Waals surface area contributed by atoms with Crippen LogP contribution in [0.15, 0.2) is 33.7 Å². The lowest BCUT2D eigenvalue weighted by atomic mass is 9.89. The van der Waals surface area contributed by atoms with Crippen LogP contribution in [0.3, 0.4) is 0 Å². The first-order valence-corrected chi connectivity index (χ1v) is 8.13. The van der Waals surface area contributed by atoms with Crippen LogP contribution in [0.4, 0.5) is 0 Å². The van der Waals surface area contributed by atoms with Gasteiger partial charge in [-0.2, -0.15) is 0 Å². The third-order valence-corrected chi connectivity index (χ3v) is 4.07. The van der Waals surface area contributed by atoms with Crippen molar-refractivity contribution >= 4 is 21.9 Å². The maximum absolute atomic E-state index is 5.29. The molecule has 21 heavy (non-hydrogen) atoms. The average Bonchev–Trinajstić information content (AvgIpc) is 2.43. The fourth-order valence-corrected chi connectivity index (χ4v) is 2.48. The van der Waals surface area contributed by atoms with E-state index in [0.29, 0.717) is 0 Å². The van der Waals surface area contributed by atoms with Crippen LogP contribution in [0.2, 0.25) is 0 Å². The summed E-state index contributed by atoms with van der Waals surface area (Å²) in [5.74, 6) is 0.952. The summed E-state index contributed by atoms with van der Waals surface area (Å²) in [6.45, 7) is 8.46. The van der Waals surface area contributed by atoms with E-state index in [4.69, 9.17) is 9.73 Å². The molecule has 1 saturated heterocycles. The van der Waals surface area contributed by atoms with Crippen LogP contribution in [-0.4, -0.2) is 44.2 Å². The van der Waals surface area contributed by atoms with E-state index in [1.54, 1.807) is 0 Å². The van der Waals surface area contributed by atoms with Crippen LogP contribution in [0, 0.1) is 5.41 Å². The molecule has 116 valence electrons. The number of nitrogens with zero attached hydrogens (tertiary/aromatic N) is 2. The van der Waals surface area contributed by atoms with Gasteiger partial charge in [-0.1, -0.05) is 35.0 Å². The number of halogens is 1. The molecule has 4 nitrogen and oxygen atoms in total. The molecular formula is C16H24BrN3O. The lowest BCUT2D eigenvalue weighted by Gasteiger charge is -2.37. The quantitative estimate of drug-likeness (QED) is 0.653. The molecule has 0 radical (unpaired) electrons. The Labute approximate surface area is 135 Å². The van der Waals surface area contributed by atoms with Gasteiger partial charge in [-0.15, -0.1) is 0 Å². The predicted molar refractivity (Wildman–Crippen MR) is 90.5 cm³/mol. The van der Waals surface area contributed by atoms with Gasteiger partial charge >= 0.3 is 0 Å². The molecule has 0 unspecified atom stereocenters. The van der Waals surface area contributed by atoms with Crippen molar-refractivity contribution in [3.63, 3.8) is 0 Å². The molecule has 0 amide bonds. The zero-order chi connectivity index (χ0) is 15.3. The number of rotatable bonds is 5. The summed E-state index contributed by atoms with van der Waals surface area (Å²) >= 11 is 3.46. The summed E-state index contributed by atoms with van der Waals surface area (Å²) in [5.41, 5.74) is 1.48. The van der Waals surface area contributed by atoms with Crippen molar-refractivity contribution in [2.75, 3.05) is 33.4 Å². The molecule has 1 fully saturated rings. The van der Waals surface area contributed by atoms with E-state index in [0.717, 1.165) is 43.3 Å². The van der Waals surface area contributed by atoms with Gasteiger partial charge in [0.15, 0.2) is 5.96 Å². The maximum atomic E-state index is 5.29. The van der Waals surface area contributed by atoms with Crippen molar-refractivity contribution < 1.29 is 4.74 Å². The van der Waals surface area contributed by atoms with E-state index < -0.39 is 0 Å². The molecule has 0 saturated carbocycles. The highest BCUT2D eigenvalue weighted by atomic mass is 79.9. The van der Waals surface area contributed by atoms with Crippen molar-refractivity contribution in [1.29, 1.82) is 0 Å². The highest BCUT2D eigenvalue weighted by Crippen LogP contribution is 2.26. The van der Waals surface area contributed by atoms with Crippen molar-refractivity contribution in [3.8, 4) is 0 Å². The van der Waals surface area contributed by atoms with E-state index >= 15 is 0 Å². The van der Waals surface area contributed by atoms with Crippen molar-refractivity contribution in [1.82, 2.24) is 10.2 Å². The zero-order valence-electron chi connectivity index (χ0n) is 13.0. The first-order chi connectivity index (χ1) is 10.0. The Bertz CT molecular complexity index is 483. The molecule has 1 N–H and O–H groups in total. The van der Waals surface area contributed by atoms with Gasteiger partial charge in [0.1, 0.15) is 0 Å². The monoisotopic (exact) mass is 353 g/mol. The van der Waals surface area contributed by atoms with Gasteiger partial charge < -0.3 is 15.0 Å². The molecule has 0 bridgehead atoms. The minimum absolute atomic E-state index is 0.207. The first-order valence-electron chi connectivity index (χ1n) is 7.34. The topological polar surface area (TPSA) is 36.9 Å². The molecule has 1 aliphatic rings. The van der Waals surface area contributed by atoms with Gasteiger partial charge in [-0.25, -0.2) is 0 Å². The van der Waals surface area contributed by atoms with Crippen LogP contribution in [0.25, 0.3) is 0 Å². The minimum Gasteiger partial charge on any atom is -0.380 e. The predicted octanol–water partition coefficient (Wildman–Crippen LogP) is 2.88. The van der Waals surface area contributed by atoms with E-state index in [1.165, 1.54) is 5.56 Å². The van der Waals surface area contributed by atoms with E-state index in [2.05, 4.69) is 71.3 Å². The van der Waals surface area contributed by atoms with Gasteiger partial charge in [-0.3, -0.25) is 4.99 Å². The summed E-state index contributed by atoms with van der Waals surface area (Å²) in [6.07, 6.45) is 0. The minimum atomic E-state index is 0.207. The smallest absolute Gasteiger partial charge is 0.193 e. The number of hydrogen-bond donors (Lipinski definition) is 1. The lowest BCUT2D eigenvalue weighted by Crippen LogP contribution is -2.44. The second-order valence-corrected chi connectivity index (χ2v) is 6.87. The van der Waals surface area contributed by atoms with Crippen molar-refractivity contribution in [2.45, 2.75) is 20.4 Å². The van der Waals surface area contributed by atoms with Crippen LogP contribution in [0.5, 0.6) is 0 Å². The molecule has 0 aliphatic carbocycles. The van der Waals surface area contributed by atoms with Crippen LogP contribution in [0.1, 0.15) is 19.4 Å². The Balaban J connectivity index is 1.98. The Kier molecular flexibility index (Phi) is 5.65. The first kappa shape index (κ1) is 16.3. The van der Waals surface area contributed by atoms with Crippen LogP contribution < -0.4 is 5.32 Å². The molecule has 0 spiro atoms. The average molecular weight is 354 g/mol. The Morgan fingerprint density at radius 3 is 2.57 bits per heavy atom. The molecule has 0 aromatic heterocycles. The Hall–Kier alpha value is -1.07.